The Bertz CT molecular complexity index is 680. The van der Waals surface area contributed by atoms with Crippen LogP contribution in [0.2, 0.25) is 0 Å². The fraction of sp³-hybridized carbons (Fsp3) is 0.357. The van der Waals surface area contributed by atoms with Crippen LogP contribution in [0.5, 0.6) is 0 Å². The van der Waals surface area contributed by atoms with Gasteiger partial charge in [0.1, 0.15) is 0 Å². The molecule has 1 heterocycles. The Morgan fingerprint density at radius 3 is 2.73 bits per heavy atom. The highest BCUT2D eigenvalue weighted by Gasteiger charge is 2.31. The molecule has 8 heteroatoms. The zero-order valence-corrected chi connectivity index (χ0v) is 12.0. The van der Waals surface area contributed by atoms with E-state index in [1.54, 1.807) is 6.92 Å². The van der Waals surface area contributed by atoms with E-state index in [1.807, 2.05) is 0 Å². The van der Waals surface area contributed by atoms with Gasteiger partial charge in [0, 0.05) is 6.42 Å². The van der Waals surface area contributed by atoms with Crippen molar-refractivity contribution in [2.24, 2.45) is 0 Å². The van der Waals surface area contributed by atoms with E-state index in [0.29, 0.717) is 23.4 Å². The molecular formula is C14H14F3N3O2. The second-order valence-corrected chi connectivity index (χ2v) is 4.73. The summed E-state index contributed by atoms with van der Waals surface area (Å²) in [4.78, 5) is 11.1. The van der Waals surface area contributed by atoms with Crippen LogP contribution in [0.4, 0.5) is 13.2 Å². The van der Waals surface area contributed by atoms with Gasteiger partial charge in [-0.3, -0.25) is 4.79 Å². The maximum Gasteiger partial charge on any atom is 0.416 e. The molecule has 0 spiro atoms. The van der Waals surface area contributed by atoms with Crippen molar-refractivity contribution in [1.29, 1.82) is 0 Å². The lowest BCUT2D eigenvalue weighted by molar-refractivity contribution is -0.140. The highest BCUT2D eigenvalue weighted by Crippen LogP contribution is 2.31. The second-order valence-electron chi connectivity index (χ2n) is 4.73. The van der Waals surface area contributed by atoms with Gasteiger partial charge in [0.2, 0.25) is 0 Å². The van der Waals surface area contributed by atoms with E-state index in [0.717, 1.165) is 12.1 Å². The molecule has 0 amide bonds. The molecule has 0 N–H and O–H groups in total. The Hall–Kier alpha value is -2.38. The molecule has 0 atom stereocenters. The number of hydrogen-bond donors (Lipinski definition) is 0. The summed E-state index contributed by atoms with van der Waals surface area (Å²) in [5, 5.41) is 7.68. The van der Waals surface area contributed by atoms with Crippen molar-refractivity contribution in [3.8, 4) is 5.69 Å². The number of alkyl halides is 3. The number of carbonyl (C=O) groups is 1. The summed E-state index contributed by atoms with van der Waals surface area (Å²) in [6.45, 7) is 1.69. The Kier molecular flexibility index (Phi) is 4.48. The molecular weight excluding hydrogens is 299 g/mol. The average molecular weight is 313 g/mol. The van der Waals surface area contributed by atoms with Crippen LogP contribution in [0.1, 0.15) is 23.2 Å². The zero-order chi connectivity index (χ0) is 16.3. The summed E-state index contributed by atoms with van der Waals surface area (Å²) in [6, 6.07) is 3.43. The molecule has 0 saturated heterocycles. The van der Waals surface area contributed by atoms with Crippen LogP contribution in [0.15, 0.2) is 24.4 Å². The maximum atomic E-state index is 12.8. The van der Waals surface area contributed by atoms with Crippen LogP contribution >= 0.6 is 0 Å². The van der Waals surface area contributed by atoms with Crippen molar-refractivity contribution >= 4 is 5.97 Å². The molecule has 0 aliphatic rings. The van der Waals surface area contributed by atoms with E-state index in [1.165, 1.54) is 24.1 Å². The molecule has 0 unspecified atom stereocenters. The fourth-order valence-corrected chi connectivity index (χ4v) is 1.90. The van der Waals surface area contributed by atoms with Gasteiger partial charge in [0.15, 0.2) is 0 Å². The summed E-state index contributed by atoms with van der Waals surface area (Å²) < 4.78 is 44.1. The molecule has 0 aliphatic heterocycles. The van der Waals surface area contributed by atoms with Crippen LogP contribution in [0.25, 0.3) is 5.69 Å². The van der Waals surface area contributed by atoms with E-state index in [4.69, 9.17) is 0 Å². The minimum absolute atomic E-state index is 0.136. The monoisotopic (exact) mass is 313 g/mol. The van der Waals surface area contributed by atoms with Crippen LogP contribution in [-0.4, -0.2) is 28.1 Å². The molecule has 0 radical (unpaired) electrons. The molecule has 118 valence electrons. The number of esters is 1. The smallest absolute Gasteiger partial charge is 0.416 e. The second kappa shape index (κ2) is 6.17. The highest BCUT2D eigenvalue weighted by atomic mass is 19.4. The minimum atomic E-state index is -4.42. The van der Waals surface area contributed by atoms with Gasteiger partial charge < -0.3 is 4.74 Å². The molecule has 5 nitrogen and oxygen atoms in total. The van der Waals surface area contributed by atoms with Gasteiger partial charge in [0.25, 0.3) is 0 Å². The number of carbonyl (C=O) groups excluding carboxylic acids is 1. The molecule has 22 heavy (non-hydrogen) atoms. The first-order valence-electron chi connectivity index (χ1n) is 6.47. The van der Waals surface area contributed by atoms with Crippen LogP contribution in [0, 0.1) is 6.92 Å². The van der Waals surface area contributed by atoms with Gasteiger partial charge in [-0.25, -0.2) is 4.68 Å². The molecule has 0 saturated carbocycles. The van der Waals surface area contributed by atoms with Crippen LogP contribution in [-0.2, 0) is 22.1 Å². The van der Waals surface area contributed by atoms with Gasteiger partial charge in [-0.1, -0.05) is 11.3 Å². The van der Waals surface area contributed by atoms with E-state index in [2.05, 4.69) is 15.0 Å². The fourth-order valence-electron chi connectivity index (χ4n) is 1.90. The lowest BCUT2D eigenvalue weighted by Gasteiger charge is -2.10. The number of benzene rings is 1. The van der Waals surface area contributed by atoms with Gasteiger partial charge in [0.05, 0.1) is 36.7 Å². The molecule has 0 fully saturated rings. The van der Waals surface area contributed by atoms with Crippen molar-refractivity contribution in [2.45, 2.75) is 25.9 Å². The first-order chi connectivity index (χ1) is 10.3. The number of aryl methyl sites for hydroxylation is 2. The van der Waals surface area contributed by atoms with Crippen molar-refractivity contribution in [2.75, 3.05) is 7.11 Å². The predicted molar refractivity (Wildman–Crippen MR) is 71.4 cm³/mol. The van der Waals surface area contributed by atoms with Crippen molar-refractivity contribution in [1.82, 2.24) is 15.0 Å². The van der Waals surface area contributed by atoms with Gasteiger partial charge in [-0.15, -0.1) is 5.10 Å². The first kappa shape index (κ1) is 16.0. The van der Waals surface area contributed by atoms with Gasteiger partial charge >= 0.3 is 12.1 Å². The molecule has 0 aliphatic carbocycles. The van der Waals surface area contributed by atoms with E-state index >= 15 is 0 Å². The summed E-state index contributed by atoms with van der Waals surface area (Å²) in [5.41, 5.74) is 0.686. The maximum absolute atomic E-state index is 12.8. The standard InChI is InChI=1S/C14H14F3N3O2/c1-9-3-4-10(14(15,16)17)7-12(9)20-8-11(18-19-20)5-6-13(21)22-2/h3-4,7-8H,5-6H2,1-2H3. The number of rotatable bonds is 4. The molecule has 1 aromatic carbocycles. The quantitative estimate of drug-likeness (QED) is 0.814. The third kappa shape index (κ3) is 3.63. The van der Waals surface area contributed by atoms with Crippen molar-refractivity contribution < 1.29 is 22.7 Å². The van der Waals surface area contributed by atoms with Gasteiger partial charge in [-0.2, -0.15) is 13.2 Å². The number of ether oxygens (including phenoxy) is 1. The first-order valence-corrected chi connectivity index (χ1v) is 6.47. The average Bonchev–Trinajstić information content (AvgIpc) is 2.92. The molecule has 2 rings (SSSR count). The molecule has 0 bridgehead atoms. The Morgan fingerprint density at radius 2 is 2.09 bits per heavy atom. The lowest BCUT2D eigenvalue weighted by atomic mass is 10.1. The Morgan fingerprint density at radius 1 is 1.36 bits per heavy atom. The summed E-state index contributed by atoms with van der Waals surface area (Å²) in [7, 11) is 1.28. The lowest BCUT2D eigenvalue weighted by Crippen LogP contribution is -2.07. The number of aromatic nitrogens is 3. The summed E-state index contributed by atoms with van der Waals surface area (Å²) >= 11 is 0. The SMILES string of the molecule is COC(=O)CCc1cn(-c2cc(C(F)(F)F)ccc2C)nn1. The normalized spacial score (nSPS) is 11.5. The Balaban J connectivity index is 2.25. The number of nitrogens with zero attached hydrogens (tertiary/aromatic N) is 3. The molecule has 1 aromatic heterocycles. The predicted octanol–water partition coefficient (Wildman–Crippen LogP) is 2.70. The highest BCUT2D eigenvalue weighted by molar-refractivity contribution is 5.69. The van der Waals surface area contributed by atoms with E-state index in [-0.39, 0.29) is 12.4 Å². The Labute approximate surface area is 124 Å². The third-order valence-corrected chi connectivity index (χ3v) is 3.14. The number of halogens is 3. The van der Waals surface area contributed by atoms with Crippen molar-refractivity contribution in [3.05, 3.63) is 41.2 Å². The third-order valence-electron chi connectivity index (χ3n) is 3.14. The zero-order valence-electron chi connectivity index (χ0n) is 12.0. The van der Waals surface area contributed by atoms with Crippen LogP contribution in [0.3, 0.4) is 0 Å². The van der Waals surface area contributed by atoms with E-state index < -0.39 is 11.7 Å². The molecule has 2 aromatic rings. The van der Waals surface area contributed by atoms with E-state index in [9.17, 15) is 18.0 Å². The van der Waals surface area contributed by atoms with Gasteiger partial charge in [-0.05, 0) is 24.6 Å². The van der Waals surface area contributed by atoms with Crippen LogP contribution < -0.4 is 0 Å². The van der Waals surface area contributed by atoms with Crippen molar-refractivity contribution in [3.63, 3.8) is 0 Å². The number of methoxy groups -OCH3 is 1. The minimum Gasteiger partial charge on any atom is -0.469 e. The summed E-state index contributed by atoms with van der Waals surface area (Å²) in [5.74, 6) is -0.384. The topological polar surface area (TPSA) is 57.0 Å². The largest absolute Gasteiger partial charge is 0.469 e. The summed E-state index contributed by atoms with van der Waals surface area (Å²) in [6.07, 6.45) is -2.47. The number of hydrogen-bond acceptors (Lipinski definition) is 4.